The molecule has 4 aliphatic carbocycles. The van der Waals surface area contributed by atoms with Gasteiger partial charge in [0, 0.05) is 11.8 Å². The minimum absolute atomic E-state index is 0.402. The molecule has 122 valence electrons. The molecule has 6 rings (SSSR count). The molecule has 0 atom stereocenters. The highest BCUT2D eigenvalue weighted by Crippen LogP contribution is 2.56. The van der Waals surface area contributed by atoms with Gasteiger partial charge in [-0.25, -0.2) is 0 Å². The Bertz CT molecular complexity index is 757. The second kappa shape index (κ2) is 6.09. The standard InChI is InChI=1S/C22H20.C2H6/c1-2-15-20(14-11-12-14)13-21-16-7-3-5-9-18(16)22(15)19-10-6-4-8-17(19)21;1-2/h2-10,14,21-22H,1,11-13H2;1-2H3. The molecule has 1 fully saturated rings. The summed E-state index contributed by atoms with van der Waals surface area (Å²) in [5.41, 5.74) is 9.30. The SMILES string of the molecule is C=CC1=C(C2CC2)CC2c3ccccc3C1c1ccccc12.CC. The highest BCUT2D eigenvalue weighted by atomic mass is 14.4. The van der Waals surface area contributed by atoms with Crippen LogP contribution in [0.2, 0.25) is 0 Å². The van der Waals surface area contributed by atoms with E-state index in [1.54, 1.807) is 16.7 Å². The van der Waals surface area contributed by atoms with Gasteiger partial charge in [0.05, 0.1) is 0 Å². The summed E-state index contributed by atoms with van der Waals surface area (Å²) >= 11 is 0. The number of hydrogen-bond donors (Lipinski definition) is 0. The van der Waals surface area contributed by atoms with Gasteiger partial charge in [-0.2, -0.15) is 0 Å². The molecule has 0 saturated heterocycles. The van der Waals surface area contributed by atoms with Crippen LogP contribution in [0.5, 0.6) is 0 Å². The second-order valence-electron chi connectivity index (χ2n) is 6.91. The zero-order valence-corrected chi connectivity index (χ0v) is 14.8. The third kappa shape index (κ3) is 2.20. The molecule has 24 heavy (non-hydrogen) atoms. The van der Waals surface area contributed by atoms with Crippen LogP contribution in [0.4, 0.5) is 0 Å². The van der Waals surface area contributed by atoms with Crippen molar-refractivity contribution in [2.45, 2.75) is 44.9 Å². The van der Waals surface area contributed by atoms with Gasteiger partial charge in [-0.3, -0.25) is 0 Å². The Morgan fingerprint density at radius 1 is 0.833 bits per heavy atom. The Labute approximate surface area is 145 Å². The average Bonchev–Trinajstić information content (AvgIpc) is 3.49. The van der Waals surface area contributed by atoms with Gasteiger partial charge in [0.1, 0.15) is 0 Å². The van der Waals surface area contributed by atoms with E-state index in [-0.39, 0.29) is 0 Å². The fourth-order valence-electron chi connectivity index (χ4n) is 4.68. The molecule has 0 aliphatic heterocycles. The molecule has 4 aliphatic rings. The normalized spacial score (nSPS) is 23.6. The highest BCUT2D eigenvalue weighted by Gasteiger charge is 2.41. The number of allylic oxidation sites excluding steroid dienone is 3. The van der Waals surface area contributed by atoms with Crippen LogP contribution in [0, 0.1) is 5.92 Å². The Kier molecular flexibility index (Phi) is 3.92. The van der Waals surface area contributed by atoms with Crippen LogP contribution >= 0.6 is 0 Å². The second-order valence-corrected chi connectivity index (χ2v) is 6.91. The van der Waals surface area contributed by atoms with E-state index in [0.29, 0.717) is 11.8 Å². The predicted molar refractivity (Wildman–Crippen MR) is 102 cm³/mol. The minimum Gasteiger partial charge on any atom is -0.0988 e. The van der Waals surface area contributed by atoms with Crippen molar-refractivity contribution < 1.29 is 0 Å². The van der Waals surface area contributed by atoms with Crippen molar-refractivity contribution in [3.05, 3.63) is 94.6 Å². The number of benzene rings is 2. The third-order valence-electron chi connectivity index (χ3n) is 5.76. The summed E-state index contributed by atoms with van der Waals surface area (Å²) in [5, 5.41) is 0. The van der Waals surface area contributed by atoms with E-state index < -0.39 is 0 Å². The summed E-state index contributed by atoms with van der Waals surface area (Å²) in [6.45, 7) is 8.19. The summed E-state index contributed by atoms with van der Waals surface area (Å²) < 4.78 is 0. The van der Waals surface area contributed by atoms with Crippen molar-refractivity contribution in [2.75, 3.05) is 0 Å². The molecule has 0 unspecified atom stereocenters. The molecule has 1 saturated carbocycles. The van der Waals surface area contributed by atoms with Gasteiger partial charge >= 0.3 is 0 Å². The zero-order chi connectivity index (χ0) is 16.7. The molecule has 2 aromatic rings. The Balaban J connectivity index is 0.000000704. The van der Waals surface area contributed by atoms with Gasteiger partial charge in [-0.15, -0.1) is 0 Å². The maximum absolute atomic E-state index is 4.19. The van der Waals surface area contributed by atoms with E-state index in [1.165, 1.54) is 36.0 Å². The summed E-state index contributed by atoms with van der Waals surface area (Å²) in [6.07, 6.45) is 6.09. The number of fused-ring (bicyclic) bond motifs is 1. The number of rotatable bonds is 2. The molecular weight excluding hydrogens is 288 g/mol. The van der Waals surface area contributed by atoms with E-state index in [9.17, 15) is 0 Å². The van der Waals surface area contributed by atoms with Crippen LogP contribution in [-0.2, 0) is 0 Å². The van der Waals surface area contributed by atoms with Gasteiger partial charge < -0.3 is 0 Å². The lowest BCUT2D eigenvalue weighted by molar-refractivity contribution is 0.740. The molecule has 0 N–H and O–H groups in total. The number of hydrogen-bond acceptors (Lipinski definition) is 0. The van der Waals surface area contributed by atoms with Crippen LogP contribution in [0.1, 0.15) is 67.2 Å². The van der Waals surface area contributed by atoms with Crippen molar-refractivity contribution in [3.8, 4) is 0 Å². The first kappa shape index (κ1) is 15.4. The summed E-state index contributed by atoms with van der Waals surface area (Å²) in [5.74, 6) is 1.76. The lowest BCUT2D eigenvalue weighted by Crippen LogP contribution is -2.16. The van der Waals surface area contributed by atoms with Gasteiger partial charge in [-0.05, 0) is 53.0 Å². The van der Waals surface area contributed by atoms with Crippen LogP contribution in [0.25, 0.3) is 0 Å². The summed E-state index contributed by atoms with van der Waals surface area (Å²) in [7, 11) is 0. The Morgan fingerprint density at radius 2 is 1.33 bits per heavy atom. The summed E-state index contributed by atoms with van der Waals surface area (Å²) in [4.78, 5) is 0. The maximum atomic E-state index is 4.19. The molecule has 2 bridgehead atoms. The monoisotopic (exact) mass is 314 g/mol. The smallest absolute Gasteiger partial charge is 0.0345 e. The average molecular weight is 314 g/mol. The van der Waals surface area contributed by atoms with Crippen molar-refractivity contribution >= 4 is 0 Å². The van der Waals surface area contributed by atoms with Crippen LogP contribution in [0.3, 0.4) is 0 Å². The first-order valence-corrected chi connectivity index (χ1v) is 9.41. The molecule has 0 spiro atoms. The quantitative estimate of drug-likeness (QED) is 0.587. The van der Waals surface area contributed by atoms with Gasteiger partial charge in [0.15, 0.2) is 0 Å². The maximum Gasteiger partial charge on any atom is 0.0345 e. The molecule has 0 amide bonds. The molecule has 0 heterocycles. The van der Waals surface area contributed by atoms with Crippen molar-refractivity contribution in [3.63, 3.8) is 0 Å². The van der Waals surface area contributed by atoms with E-state index in [0.717, 1.165) is 5.92 Å². The van der Waals surface area contributed by atoms with Gasteiger partial charge in [0.25, 0.3) is 0 Å². The lowest BCUT2D eigenvalue weighted by atomic mass is 9.72. The largest absolute Gasteiger partial charge is 0.0988 e. The fraction of sp³-hybridized carbons (Fsp3) is 0.333. The van der Waals surface area contributed by atoms with Crippen molar-refractivity contribution in [1.82, 2.24) is 0 Å². The third-order valence-corrected chi connectivity index (χ3v) is 5.76. The predicted octanol–water partition coefficient (Wildman–Crippen LogP) is 6.59. The molecule has 2 aromatic carbocycles. The first-order chi connectivity index (χ1) is 11.9. The molecule has 0 nitrogen and oxygen atoms in total. The zero-order valence-electron chi connectivity index (χ0n) is 14.8. The Hall–Kier alpha value is -2.08. The lowest BCUT2D eigenvalue weighted by Gasteiger charge is -2.31. The topological polar surface area (TPSA) is 0 Å². The van der Waals surface area contributed by atoms with Gasteiger partial charge in [-0.1, -0.05) is 80.6 Å². The van der Waals surface area contributed by atoms with Crippen molar-refractivity contribution in [1.29, 1.82) is 0 Å². The first-order valence-electron chi connectivity index (χ1n) is 9.41. The minimum atomic E-state index is 0.402. The van der Waals surface area contributed by atoms with Crippen molar-refractivity contribution in [2.24, 2.45) is 5.92 Å². The van der Waals surface area contributed by atoms with Crippen LogP contribution < -0.4 is 0 Å². The molecule has 0 radical (unpaired) electrons. The fourth-order valence-corrected chi connectivity index (χ4v) is 4.68. The summed E-state index contributed by atoms with van der Waals surface area (Å²) in [6, 6.07) is 18.2. The van der Waals surface area contributed by atoms with Crippen LogP contribution in [-0.4, -0.2) is 0 Å². The van der Waals surface area contributed by atoms with Crippen LogP contribution in [0.15, 0.2) is 72.3 Å². The van der Waals surface area contributed by atoms with Gasteiger partial charge in [0.2, 0.25) is 0 Å². The van der Waals surface area contributed by atoms with E-state index >= 15 is 0 Å². The van der Waals surface area contributed by atoms with E-state index in [1.807, 2.05) is 13.8 Å². The Morgan fingerprint density at radius 3 is 1.79 bits per heavy atom. The van der Waals surface area contributed by atoms with E-state index in [2.05, 4.69) is 61.2 Å². The molecule has 0 heteroatoms. The van der Waals surface area contributed by atoms with E-state index in [4.69, 9.17) is 0 Å². The molecular formula is C24H26. The highest BCUT2D eigenvalue weighted by molar-refractivity contribution is 5.62. The molecule has 0 aromatic heterocycles.